The Kier molecular flexibility index (Phi) is 12.2. The minimum Gasteiger partial charge on any atom is -0.356 e. The Bertz CT molecular complexity index is 422. The first kappa shape index (κ1) is 21.1. The Balaban J connectivity index is 0.00000441. The zero-order valence-corrected chi connectivity index (χ0v) is 16.5. The molecular weight excluding hydrogens is 393 g/mol. The van der Waals surface area contributed by atoms with E-state index in [1.54, 1.807) is 7.05 Å². The van der Waals surface area contributed by atoms with Crippen LogP contribution < -0.4 is 10.6 Å². The Morgan fingerprint density at radius 2 is 2.09 bits per heavy atom. The molecule has 0 fully saturated rings. The molecule has 2 N–H and O–H groups in total. The van der Waals surface area contributed by atoms with Crippen molar-refractivity contribution >= 4 is 29.9 Å². The summed E-state index contributed by atoms with van der Waals surface area (Å²) in [5, 5.41) is 10.5. The van der Waals surface area contributed by atoms with E-state index in [9.17, 15) is 0 Å². The smallest absolute Gasteiger partial charge is 0.226 e. The van der Waals surface area contributed by atoms with Crippen molar-refractivity contribution in [2.24, 2.45) is 4.99 Å². The highest BCUT2D eigenvalue weighted by Gasteiger charge is 2.05. The van der Waals surface area contributed by atoms with Gasteiger partial charge in [-0.3, -0.25) is 4.99 Å². The van der Waals surface area contributed by atoms with Crippen molar-refractivity contribution in [2.75, 3.05) is 13.6 Å². The normalized spacial score (nSPS) is 12.6. The summed E-state index contributed by atoms with van der Waals surface area (Å²) in [5.74, 6) is 2.25. The van der Waals surface area contributed by atoms with Gasteiger partial charge in [-0.1, -0.05) is 31.3 Å². The number of nitrogens with one attached hydrogen (secondary N) is 2. The van der Waals surface area contributed by atoms with Crippen LogP contribution in [0.25, 0.3) is 0 Å². The van der Waals surface area contributed by atoms with Crippen LogP contribution in [0.15, 0.2) is 9.52 Å². The summed E-state index contributed by atoms with van der Waals surface area (Å²) < 4.78 is 5.08. The minimum atomic E-state index is 0. The Morgan fingerprint density at radius 3 is 2.68 bits per heavy atom. The van der Waals surface area contributed by atoms with E-state index in [0.717, 1.165) is 25.3 Å². The zero-order valence-electron chi connectivity index (χ0n) is 14.2. The fraction of sp³-hybridized carbons (Fsp3) is 0.800. The summed E-state index contributed by atoms with van der Waals surface area (Å²) in [6.07, 6.45) is 6.72. The molecule has 0 aromatic carbocycles. The summed E-state index contributed by atoms with van der Waals surface area (Å²) in [5.41, 5.74) is 0. The summed E-state index contributed by atoms with van der Waals surface area (Å²) in [6.45, 7) is 7.09. The Labute approximate surface area is 150 Å². The molecule has 0 aliphatic heterocycles. The molecule has 0 radical (unpaired) electrons. The molecule has 1 aromatic rings. The van der Waals surface area contributed by atoms with E-state index < -0.39 is 0 Å². The number of hydrogen-bond acceptors (Lipinski definition) is 4. The number of hydrogen-bond donors (Lipinski definition) is 2. The maximum absolute atomic E-state index is 5.08. The van der Waals surface area contributed by atoms with Gasteiger partial charge in [-0.2, -0.15) is 4.98 Å². The van der Waals surface area contributed by atoms with E-state index in [4.69, 9.17) is 4.52 Å². The monoisotopic (exact) mass is 423 g/mol. The lowest BCUT2D eigenvalue weighted by Gasteiger charge is -2.17. The highest BCUT2D eigenvalue weighted by Crippen LogP contribution is 2.02. The summed E-state index contributed by atoms with van der Waals surface area (Å²) in [4.78, 5) is 8.43. The van der Waals surface area contributed by atoms with Crippen LogP contribution in [0.3, 0.4) is 0 Å². The van der Waals surface area contributed by atoms with Crippen LogP contribution in [0, 0.1) is 6.92 Å². The van der Waals surface area contributed by atoms with Gasteiger partial charge in [0.1, 0.15) is 0 Å². The average molecular weight is 423 g/mol. The highest BCUT2D eigenvalue weighted by atomic mass is 127. The summed E-state index contributed by atoms with van der Waals surface area (Å²) in [6, 6.07) is 0.446. The molecule has 7 heteroatoms. The molecule has 0 spiro atoms. The van der Waals surface area contributed by atoms with Gasteiger partial charge in [-0.05, 0) is 26.7 Å². The largest absolute Gasteiger partial charge is 0.356 e. The number of aryl methyl sites for hydroxylation is 2. The van der Waals surface area contributed by atoms with Crippen molar-refractivity contribution in [1.82, 2.24) is 20.8 Å². The minimum absolute atomic E-state index is 0. The number of rotatable bonds is 9. The fourth-order valence-electron chi connectivity index (χ4n) is 2.09. The second-order valence-corrected chi connectivity index (χ2v) is 5.38. The molecule has 1 atom stereocenters. The fourth-order valence-corrected chi connectivity index (χ4v) is 2.09. The predicted molar refractivity (Wildman–Crippen MR) is 101 cm³/mol. The van der Waals surface area contributed by atoms with Gasteiger partial charge < -0.3 is 15.2 Å². The van der Waals surface area contributed by atoms with Gasteiger partial charge >= 0.3 is 0 Å². The number of guanidine groups is 1. The molecule has 1 heterocycles. The van der Waals surface area contributed by atoms with E-state index in [-0.39, 0.29) is 24.0 Å². The van der Waals surface area contributed by atoms with Crippen LogP contribution in [0.5, 0.6) is 0 Å². The number of unbranched alkanes of at least 4 members (excludes halogenated alkanes) is 2. The van der Waals surface area contributed by atoms with Crippen molar-refractivity contribution in [3.63, 3.8) is 0 Å². The van der Waals surface area contributed by atoms with E-state index in [0.29, 0.717) is 17.8 Å². The third-order valence-electron chi connectivity index (χ3n) is 3.28. The lowest BCUT2D eigenvalue weighted by atomic mass is 10.1. The van der Waals surface area contributed by atoms with Gasteiger partial charge in [0.15, 0.2) is 11.8 Å². The first-order valence-corrected chi connectivity index (χ1v) is 7.92. The third kappa shape index (κ3) is 9.22. The second kappa shape index (κ2) is 12.7. The molecule has 22 heavy (non-hydrogen) atoms. The zero-order chi connectivity index (χ0) is 15.5. The van der Waals surface area contributed by atoms with Gasteiger partial charge in [0.2, 0.25) is 5.89 Å². The van der Waals surface area contributed by atoms with Gasteiger partial charge in [0.05, 0.1) is 0 Å². The standard InChI is InChI=1S/C15H29N5O.HI/c1-5-6-7-9-12(2)18-15(16-4)17-11-8-10-14-19-13(3)20-21-14;/h12H,5-11H2,1-4H3,(H2,16,17,18);1H. The maximum Gasteiger partial charge on any atom is 0.226 e. The van der Waals surface area contributed by atoms with E-state index in [1.165, 1.54) is 25.7 Å². The van der Waals surface area contributed by atoms with Crippen molar-refractivity contribution in [3.05, 3.63) is 11.7 Å². The SMILES string of the molecule is CCCCCC(C)NC(=NC)NCCCc1nc(C)no1.I. The van der Waals surface area contributed by atoms with Crippen LogP contribution in [-0.4, -0.2) is 35.7 Å². The number of halogens is 1. The molecule has 1 aromatic heterocycles. The van der Waals surface area contributed by atoms with E-state index >= 15 is 0 Å². The average Bonchev–Trinajstić information content (AvgIpc) is 2.88. The van der Waals surface area contributed by atoms with Crippen molar-refractivity contribution in [1.29, 1.82) is 0 Å². The topological polar surface area (TPSA) is 75.3 Å². The molecule has 0 bridgehead atoms. The predicted octanol–water partition coefficient (Wildman–Crippen LogP) is 3.06. The molecule has 0 aliphatic carbocycles. The molecule has 0 saturated carbocycles. The lowest BCUT2D eigenvalue weighted by molar-refractivity contribution is 0.372. The van der Waals surface area contributed by atoms with E-state index in [1.807, 2.05) is 6.92 Å². The van der Waals surface area contributed by atoms with Crippen molar-refractivity contribution < 1.29 is 4.52 Å². The van der Waals surface area contributed by atoms with Gasteiger partial charge in [-0.15, -0.1) is 24.0 Å². The van der Waals surface area contributed by atoms with Crippen molar-refractivity contribution in [3.8, 4) is 0 Å². The van der Waals surface area contributed by atoms with Crippen LogP contribution >= 0.6 is 24.0 Å². The molecule has 0 amide bonds. The Hall–Kier alpha value is -0.860. The third-order valence-corrected chi connectivity index (χ3v) is 3.28. The number of aromatic nitrogens is 2. The van der Waals surface area contributed by atoms with Crippen LogP contribution in [0.1, 0.15) is 57.7 Å². The second-order valence-electron chi connectivity index (χ2n) is 5.38. The first-order chi connectivity index (χ1) is 10.2. The maximum atomic E-state index is 5.08. The van der Waals surface area contributed by atoms with Crippen LogP contribution in [0.4, 0.5) is 0 Å². The van der Waals surface area contributed by atoms with Gasteiger partial charge in [0.25, 0.3) is 0 Å². The van der Waals surface area contributed by atoms with Crippen LogP contribution in [0.2, 0.25) is 0 Å². The molecular formula is C15H30IN5O. The molecule has 6 nitrogen and oxygen atoms in total. The van der Waals surface area contributed by atoms with Gasteiger partial charge in [0, 0.05) is 26.1 Å². The molecule has 1 unspecified atom stereocenters. The van der Waals surface area contributed by atoms with Gasteiger partial charge in [-0.25, -0.2) is 0 Å². The summed E-state index contributed by atoms with van der Waals surface area (Å²) in [7, 11) is 1.80. The van der Waals surface area contributed by atoms with Crippen molar-refractivity contribution in [2.45, 2.75) is 65.3 Å². The highest BCUT2D eigenvalue weighted by molar-refractivity contribution is 14.0. The molecule has 1 rings (SSSR count). The Morgan fingerprint density at radius 1 is 1.32 bits per heavy atom. The van der Waals surface area contributed by atoms with E-state index in [2.05, 4.69) is 39.6 Å². The molecule has 0 aliphatic rings. The van der Waals surface area contributed by atoms with Crippen LogP contribution in [-0.2, 0) is 6.42 Å². The molecule has 0 saturated heterocycles. The lowest BCUT2D eigenvalue weighted by Crippen LogP contribution is -2.42. The quantitative estimate of drug-likeness (QED) is 0.276. The molecule has 128 valence electrons. The summed E-state index contributed by atoms with van der Waals surface area (Å²) >= 11 is 0. The number of aliphatic imine (C=N–C) groups is 1. The number of nitrogens with zero attached hydrogens (tertiary/aromatic N) is 3. The first-order valence-electron chi connectivity index (χ1n) is 7.92.